The van der Waals surface area contributed by atoms with Crippen LogP contribution < -0.4 is 5.32 Å². The predicted octanol–water partition coefficient (Wildman–Crippen LogP) is 5.33. The number of thioether (sulfide) groups is 1. The van der Waals surface area contributed by atoms with Crippen LogP contribution in [0.5, 0.6) is 0 Å². The Kier molecular flexibility index (Phi) is 20.1. The number of nitrogens with one attached hydrogen (secondary N) is 1. The van der Waals surface area contributed by atoms with Gasteiger partial charge in [-0.25, -0.2) is 4.79 Å². The molecule has 0 aromatic rings. The molecular weight excluding hydrogens is 402 g/mol. The van der Waals surface area contributed by atoms with Gasteiger partial charge in [0, 0.05) is 24.9 Å². The number of carbonyl (C=O) groups is 3. The van der Waals surface area contributed by atoms with Crippen LogP contribution in [0.3, 0.4) is 0 Å². The molecule has 0 bridgehead atoms. The van der Waals surface area contributed by atoms with Crippen LogP contribution in [0, 0.1) is 0 Å². The van der Waals surface area contributed by atoms with Gasteiger partial charge in [-0.15, -0.1) is 0 Å². The van der Waals surface area contributed by atoms with Crippen molar-refractivity contribution >= 4 is 29.6 Å². The van der Waals surface area contributed by atoms with Gasteiger partial charge in [-0.3, -0.25) is 9.59 Å². The first-order valence-electron chi connectivity index (χ1n) is 11.7. The number of carboxylic acids is 1. The number of unbranched alkanes of at least 4 members (excludes halogenated alkanes) is 12. The van der Waals surface area contributed by atoms with Crippen molar-refractivity contribution in [1.29, 1.82) is 0 Å². The summed E-state index contributed by atoms with van der Waals surface area (Å²) in [5, 5.41) is 11.4. The van der Waals surface area contributed by atoms with E-state index >= 15 is 0 Å². The standard InChI is InChI=1S/C23H43NO5S/c1-3-4-5-6-7-8-9-10-11-12-13-14-15-16-22(26)29-17-18-30-19-21(23(27)28)24-20(2)25/h21H,3-19H2,1-2H3,(H,24,25)(H,27,28)/t21-/m0/s1. The van der Waals surface area contributed by atoms with Gasteiger partial charge in [0.2, 0.25) is 5.91 Å². The Morgan fingerprint density at radius 1 is 0.867 bits per heavy atom. The Morgan fingerprint density at radius 3 is 1.83 bits per heavy atom. The molecule has 0 saturated carbocycles. The van der Waals surface area contributed by atoms with Crippen LogP contribution in [-0.2, 0) is 19.1 Å². The van der Waals surface area contributed by atoms with E-state index in [2.05, 4.69) is 12.2 Å². The monoisotopic (exact) mass is 445 g/mol. The average Bonchev–Trinajstić information content (AvgIpc) is 2.70. The molecular formula is C23H43NO5S. The van der Waals surface area contributed by atoms with E-state index in [0.717, 1.165) is 12.8 Å². The third-order valence-corrected chi connectivity index (χ3v) is 5.96. The molecule has 0 aromatic heterocycles. The molecule has 0 fully saturated rings. The van der Waals surface area contributed by atoms with E-state index in [9.17, 15) is 14.4 Å². The van der Waals surface area contributed by atoms with Gasteiger partial charge in [0.05, 0.1) is 0 Å². The summed E-state index contributed by atoms with van der Waals surface area (Å²) < 4.78 is 5.18. The Balaban J connectivity index is 3.40. The van der Waals surface area contributed by atoms with Crippen molar-refractivity contribution in [2.45, 2.75) is 110 Å². The molecule has 0 spiro atoms. The van der Waals surface area contributed by atoms with Crippen LogP contribution in [0.4, 0.5) is 0 Å². The highest BCUT2D eigenvalue weighted by atomic mass is 32.2. The lowest BCUT2D eigenvalue weighted by Gasteiger charge is -2.12. The minimum absolute atomic E-state index is 0.185. The van der Waals surface area contributed by atoms with E-state index in [1.807, 2.05) is 0 Å². The van der Waals surface area contributed by atoms with Crippen LogP contribution in [0.15, 0.2) is 0 Å². The van der Waals surface area contributed by atoms with Crippen molar-refractivity contribution in [1.82, 2.24) is 5.32 Å². The second-order valence-electron chi connectivity index (χ2n) is 7.88. The smallest absolute Gasteiger partial charge is 0.327 e. The van der Waals surface area contributed by atoms with Crippen LogP contribution in [0.1, 0.15) is 104 Å². The predicted molar refractivity (Wildman–Crippen MR) is 124 cm³/mol. The van der Waals surface area contributed by atoms with Crippen LogP contribution in [-0.4, -0.2) is 47.1 Å². The molecule has 2 N–H and O–H groups in total. The van der Waals surface area contributed by atoms with Crippen molar-refractivity contribution in [2.24, 2.45) is 0 Å². The lowest BCUT2D eigenvalue weighted by molar-refractivity contribution is -0.143. The second kappa shape index (κ2) is 21.0. The summed E-state index contributed by atoms with van der Waals surface area (Å²) >= 11 is 1.35. The fraction of sp³-hybridized carbons (Fsp3) is 0.870. The molecule has 30 heavy (non-hydrogen) atoms. The van der Waals surface area contributed by atoms with Crippen molar-refractivity contribution < 1.29 is 24.2 Å². The summed E-state index contributed by atoms with van der Waals surface area (Å²) in [6.45, 7) is 3.81. The summed E-state index contributed by atoms with van der Waals surface area (Å²) in [4.78, 5) is 33.7. The number of ether oxygens (including phenoxy) is 1. The molecule has 1 amide bonds. The molecule has 0 aromatic carbocycles. The van der Waals surface area contributed by atoms with Gasteiger partial charge in [-0.05, 0) is 6.42 Å². The van der Waals surface area contributed by atoms with Gasteiger partial charge in [0.1, 0.15) is 12.6 Å². The minimum Gasteiger partial charge on any atom is -0.480 e. The summed E-state index contributed by atoms with van der Waals surface area (Å²) in [7, 11) is 0. The van der Waals surface area contributed by atoms with E-state index in [1.165, 1.54) is 89.3 Å². The van der Waals surface area contributed by atoms with Crippen LogP contribution in [0.2, 0.25) is 0 Å². The molecule has 7 heteroatoms. The Morgan fingerprint density at radius 2 is 1.37 bits per heavy atom. The molecule has 0 aliphatic heterocycles. The highest BCUT2D eigenvalue weighted by Gasteiger charge is 2.17. The van der Waals surface area contributed by atoms with E-state index in [1.54, 1.807) is 0 Å². The Hall–Kier alpha value is -1.24. The maximum atomic E-state index is 11.7. The number of esters is 1. The number of rotatable bonds is 21. The number of hydrogen-bond acceptors (Lipinski definition) is 5. The zero-order chi connectivity index (χ0) is 22.5. The van der Waals surface area contributed by atoms with Gasteiger partial charge >= 0.3 is 11.9 Å². The van der Waals surface area contributed by atoms with Crippen molar-refractivity contribution in [2.75, 3.05) is 18.1 Å². The third kappa shape index (κ3) is 20.0. The van der Waals surface area contributed by atoms with E-state index in [-0.39, 0.29) is 24.2 Å². The summed E-state index contributed by atoms with van der Waals surface area (Å²) in [6, 6.07) is -0.908. The molecule has 1 atom stereocenters. The fourth-order valence-corrected chi connectivity index (χ4v) is 4.02. The average molecular weight is 446 g/mol. The number of carbonyl (C=O) groups excluding carboxylic acids is 2. The summed E-state index contributed by atoms with van der Waals surface area (Å²) in [5.41, 5.74) is 0. The lowest BCUT2D eigenvalue weighted by Crippen LogP contribution is -2.41. The zero-order valence-electron chi connectivity index (χ0n) is 19.1. The quantitative estimate of drug-likeness (QED) is 0.183. The molecule has 0 unspecified atom stereocenters. The zero-order valence-corrected chi connectivity index (χ0v) is 19.9. The molecule has 0 radical (unpaired) electrons. The number of amides is 1. The highest BCUT2D eigenvalue weighted by molar-refractivity contribution is 7.99. The van der Waals surface area contributed by atoms with Gasteiger partial charge in [0.25, 0.3) is 0 Å². The van der Waals surface area contributed by atoms with Crippen LogP contribution >= 0.6 is 11.8 Å². The number of aliphatic carboxylic acids is 1. The van der Waals surface area contributed by atoms with Crippen molar-refractivity contribution in [3.8, 4) is 0 Å². The second-order valence-corrected chi connectivity index (χ2v) is 9.03. The first-order chi connectivity index (χ1) is 14.5. The Bertz CT molecular complexity index is 459. The number of hydrogen-bond donors (Lipinski definition) is 2. The van der Waals surface area contributed by atoms with Crippen molar-refractivity contribution in [3.05, 3.63) is 0 Å². The molecule has 0 aliphatic rings. The molecule has 6 nitrogen and oxygen atoms in total. The summed E-state index contributed by atoms with van der Waals surface area (Å²) in [6.07, 6.45) is 17.0. The molecule has 0 aliphatic carbocycles. The van der Waals surface area contributed by atoms with Crippen LogP contribution in [0.25, 0.3) is 0 Å². The van der Waals surface area contributed by atoms with Gasteiger partial charge in [-0.2, -0.15) is 11.8 Å². The van der Waals surface area contributed by atoms with Gasteiger partial charge in [0.15, 0.2) is 0 Å². The topological polar surface area (TPSA) is 92.7 Å². The highest BCUT2D eigenvalue weighted by Crippen LogP contribution is 2.13. The van der Waals surface area contributed by atoms with E-state index in [4.69, 9.17) is 9.84 Å². The Labute approximate surface area is 187 Å². The molecule has 0 rings (SSSR count). The van der Waals surface area contributed by atoms with Gasteiger partial charge < -0.3 is 15.2 Å². The first-order valence-corrected chi connectivity index (χ1v) is 12.9. The SMILES string of the molecule is CCCCCCCCCCCCCCCC(=O)OCCSC[C@H](NC(C)=O)C(=O)O. The first kappa shape index (κ1) is 28.8. The normalized spacial score (nSPS) is 11.8. The molecule has 0 heterocycles. The maximum Gasteiger partial charge on any atom is 0.327 e. The van der Waals surface area contributed by atoms with E-state index in [0.29, 0.717) is 12.2 Å². The largest absolute Gasteiger partial charge is 0.480 e. The fourth-order valence-electron chi connectivity index (χ4n) is 3.19. The summed E-state index contributed by atoms with van der Waals surface area (Å²) in [5.74, 6) is -0.835. The molecule has 0 saturated heterocycles. The lowest BCUT2D eigenvalue weighted by atomic mass is 10.0. The van der Waals surface area contributed by atoms with Gasteiger partial charge in [-0.1, -0.05) is 84.0 Å². The molecule has 176 valence electrons. The minimum atomic E-state index is -1.06. The number of carboxylic acid groups (broad SMARTS) is 1. The van der Waals surface area contributed by atoms with E-state index < -0.39 is 12.0 Å². The third-order valence-electron chi connectivity index (χ3n) is 4.94. The van der Waals surface area contributed by atoms with Crippen molar-refractivity contribution in [3.63, 3.8) is 0 Å². The maximum absolute atomic E-state index is 11.7.